The standard InChI is InChI=1S/C21H28F3N3O5/c1-5-8-10-26(11-9-6-2)25-12-14(21(29)32-7-3)20(28)15-16(22)13(4)17(23)18(24)19(15)27(30)31/h12,25H,5-11H2,1-4H3/b14-12+. The first kappa shape index (κ1) is 27.1. The molecule has 0 amide bonds. The number of Topliss-reactive ketones (excluding diaryl/α,β-unsaturated/α-hetero) is 1. The number of carbonyl (C=O) groups excluding carboxylic acids is 2. The van der Waals surface area contributed by atoms with Gasteiger partial charge in [0.25, 0.3) is 0 Å². The summed E-state index contributed by atoms with van der Waals surface area (Å²) in [6.45, 7) is 7.25. The molecule has 0 bridgehead atoms. The zero-order valence-corrected chi connectivity index (χ0v) is 18.6. The molecule has 0 saturated carbocycles. The first-order valence-corrected chi connectivity index (χ1v) is 10.4. The fourth-order valence-electron chi connectivity index (χ4n) is 2.80. The van der Waals surface area contributed by atoms with Crippen LogP contribution in [0.25, 0.3) is 0 Å². The number of ketones is 1. The van der Waals surface area contributed by atoms with Crippen LogP contribution < -0.4 is 5.43 Å². The van der Waals surface area contributed by atoms with Crippen molar-refractivity contribution in [2.24, 2.45) is 0 Å². The Morgan fingerprint density at radius 1 is 1.06 bits per heavy atom. The van der Waals surface area contributed by atoms with E-state index in [-0.39, 0.29) is 6.61 Å². The summed E-state index contributed by atoms with van der Waals surface area (Å²) in [7, 11) is 0. The van der Waals surface area contributed by atoms with Gasteiger partial charge < -0.3 is 10.2 Å². The molecule has 0 radical (unpaired) electrons. The Hall–Kier alpha value is -2.95. The zero-order chi connectivity index (χ0) is 24.4. The van der Waals surface area contributed by atoms with Crippen molar-refractivity contribution in [3.05, 3.63) is 50.5 Å². The number of nitro groups is 1. The molecular weight excluding hydrogens is 431 g/mol. The number of ether oxygens (including phenoxy) is 1. The summed E-state index contributed by atoms with van der Waals surface area (Å²) in [4.78, 5) is 35.3. The number of hydrazine groups is 1. The second-order valence-electron chi connectivity index (χ2n) is 6.98. The maximum absolute atomic E-state index is 14.7. The van der Waals surface area contributed by atoms with Crippen molar-refractivity contribution < 1.29 is 32.4 Å². The number of esters is 1. The number of hydrogen-bond donors (Lipinski definition) is 1. The third kappa shape index (κ3) is 6.52. The quantitative estimate of drug-likeness (QED) is 0.0684. The molecule has 0 atom stereocenters. The molecule has 178 valence electrons. The molecule has 0 spiro atoms. The van der Waals surface area contributed by atoms with Crippen molar-refractivity contribution in [3.63, 3.8) is 0 Å². The molecule has 0 aromatic heterocycles. The molecule has 0 unspecified atom stereocenters. The van der Waals surface area contributed by atoms with E-state index in [4.69, 9.17) is 4.74 Å². The minimum Gasteiger partial charge on any atom is -0.462 e. The number of carbonyl (C=O) groups is 2. The minimum atomic E-state index is -1.99. The number of rotatable bonds is 13. The number of nitro benzene ring substituents is 1. The van der Waals surface area contributed by atoms with E-state index in [2.05, 4.69) is 5.43 Å². The number of halogens is 3. The molecule has 11 heteroatoms. The van der Waals surface area contributed by atoms with Crippen molar-refractivity contribution in [3.8, 4) is 0 Å². The summed E-state index contributed by atoms with van der Waals surface area (Å²) in [5.74, 6) is -8.07. The lowest BCUT2D eigenvalue weighted by atomic mass is 9.98. The van der Waals surface area contributed by atoms with Crippen molar-refractivity contribution in [2.75, 3.05) is 19.7 Å². The van der Waals surface area contributed by atoms with E-state index in [1.807, 2.05) is 13.8 Å². The number of hydrogen-bond acceptors (Lipinski definition) is 7. The Bertz CT molecular complexity index is 882. The Kier molecular flexibility index (Phi) is 10.8. The zero-order valence-electron chi connectivity index (χ0n) is 18.6. The lowest BCUT2D eigenvalue weighted by molar-refractivity contribution is -0.388. The van der Waals surface area contributed by atoms with Crippen molar-refractivity contribution in [1.29, 1.82) is 0 Å². The third-order valence-electron chi connectivity index (χ3n) is 4.62. The monoisotopic (exact) mass is 459 g/mol. The van der Waals surface area contributed by atoms with Crippen molar-refractivity contribution in [2.45, 2.75) is 53.4 Å². The summed E-state index contributed by atoms with van der Waals surface area (Å²) >= 11 is 0. The van der Waals surface area contributed by atoms with E-state index in [0.29, 0.717) is 13.1 Å². The summed E-state index contributed by atoms with van der Waals surface area (Å²) < 4.78 is 47.6. The van der Waals surface area contributed by atoms with Gasteiger partial charge in [0.2, 0.25) is 11.6 Å². The predicted molar refractivity (Wildman–Crippen MR) is 111 cm³/mol. The van der Waals surface area contributed by atoms with Crippen molar-refractivity contribution in [1.82, 2.24) is 10.4 Å². The summed E-state index contributed by atoms with van der Waals surface area (Å²) in [6, 6.07) is 0. The van der Waals surface area contributed by atoms with Gasteiger partial charge in [-0.3, -0.25) is 14.9 Å². The Morgan fingerprint density at radius 2 is 1.62 bits per heavy atom. The molecule has 0 aliphatic rings. The fraction of sp³-hybridized carbons (Fsp3) is 0.524. The van der Waals surface area contributed by atoms with Gasteiger partial charge >= 0.3 is 11.7 Å². The minimum absolute atomic E-state index is 0.139. The first-order valence-electron chi connectivity index (χ1n) is 10.4. The lowest BCUT2D eigenvalue weighted by Crippen LogP contribution is -2.37. The van der Waals surface area contributed by atoms with Gasteiger partial charge in [-0.05, 0) is 26.7 Å². The first-order chi connectivity index (χ1) is 15.1. The molecule has 1 aromatic rings. The van der Waals surface area contributed by atoms with E-state index in [9.17, 15) is 32.9 Å². The highest BCUT2D eigenvalue weighted by atomic mass is 19.2. The van der Waals surface area contributed by atoms with E-state index < -0.39 is 56.5 Å². The topological polar surface area (TPSA) is 102 Å². The summed E-state index contributed by atoms with van der Waals surface area (Å²) in [5.41, 5.74) is -1.95. The third-order valence-corrected chi connectivity index (χ3v) is 4.62. The van der Waals surface area contributed by atoms with E-state index in [0.717, 1.165) is 38.8 Å². The van der Waals surface area contributed by atoms with Gasteiger partial charge in [-0.2, -0.15) is 4.39 Å². The molecule has 1 rings (SSSR count). The molecule has 1 aromatic carbocycles. The van der Waals surface area contributed by atoms with Crippen LogP contribution in [0, 0.1) is 34.5 Å². The number of unbranched alkanes of at least 4 members (excludes halogenated alkanes) is 2. The molecule has 8 nitrogen and oxygen atoms in total. The second-order valence-corrected chi connectivity index (χ2v) is 6.98. The van der Waals surface area contributed by atoms with Crippen LogP contribution in [0.4, 0.5) is 18.9 Å². The maximum atomic E-state index is 14.7. The maximum Gasteiger partial charge on any atom is 0.343 e. The van der Waals surface area contributed by atoms with Gasteiger partial charge in [0.05, 0.1) is 11.5 Å². The average molecular weight is 459 g/mol. The molecule has 0 aliphatic carbocycles. The normalized spacial score (nSPS) is 11.6. The summed E-state index contributed by atoms with van der Waals surface area (Å²) in [6.07, 6.45) is 4.31. The number of nitrogens with one attached hydrogen (secondary N) is 1. The molecule has 32 heavy (non-hydrogen) atoms. The SMILES string of the molecule is CCCCN(CCCC)N/C=C(/C(=O)OCC)C(=O)c1c(F)c(C)c(F)c(F)c1[N+](=O)[O-]. The van der Waals surface area contributed by atoms with E-state index in [1.165, 1.54) is 6.92 Å². The Labute approximate surface area is 184 Å². The van der Waals surface area contributed by atoms with Crippen LogP contribution in [0.1, 0.15) is 62.4 Å². The Morgan fingerprint density at radius 3 is 2.09 bits per heavy atom. The highest BCUT2D eigenvalue weighted by molar-refractivity contribution is 6.25. The van der Waals surface area contributed by atoms with E-state index in [1.54, 1.807) is 5.01 Å². The van der Waals surface area contributed by atoms with Crippen LogP contribution in [0.2, 0.25) is 0 Å². The smallest absolute Gasteiger partial charge is 0.343 e. The second kappa shape index (κ2) is 12.8. The van der Waals surface area contributed by atoms with Gasteiger partial charge in [-0.15, -0.1) is 0 Å². The van der Waals surface area contributed by atoms with Gasteiger partial charge in [-0.1, -0.05) is 26.7 Å². The molecule has 0 fully saturated rings. The molecule has 0 heterocycles. The lowest BCUT2D eigenvalue weighted by Gasteiger charge is -2.22. The number of benzene rings is 1. The van der Waals surface area contributed by atoms with Crippen LogP contribution in [-0.4, -0.2) is 41.4 Å². The van der Waals surface area contributed by atoms with Crippen LogP contribution in [0.3, 0.4) is 0 Å². The average Bonchev–Trinajstić information content (AvgIpc) is 2.75. The molecular formula is C21H28F3N3O5. The van der Waals surface area contributed by atoms with Gasteiger partial charge in [-0.25, -0.2) is 18.6 Å². The van der Waals surface area contributed by atoms with Gasteiger partial charge in [0, 0.05) is 24.9 Å². The van der Waals surface area contributed by atoms with Gasteiger partial charge in [0.15, 0.2) is 5.82 Å². The van der Waals surface area contributed by atoms with Crippen LogP contribution in [0.5, 0.6) is 0 Å². The molecule has 0 aliphatic heterocycles. The highest BCUT2D eigenvalue weighted by Crippen LogP contribution is 2.32. The van der Waals surface area contributed by atoms with Crippen LogP contribution in [0.15, 0.2) is 11.8 Å². The predicted octanol–water partition coefficient (Wildman–Crippen LogP) is 4.36. The fourth-order valence-corrected chi connectivity index (χ4v) is 2.80. The summed E-state index contributed by atoms with van der Waals surface area (Å²) in [5, 5.41) is 13.0. The van der Waals surface area contributed by atoms with Crippen molar-refractivity contribution >= 4 is 17.4 Å². The largest absolute Gasteiger partial charge is 0.462 e. The molecule has 1 N–H and O–H groups in total. The highest BCUT2D eigenvalue weighted by Gasteiger charge is 2.37. The molecule has 0 saturated heterocycles. The van der Waals surface area contributed by atoms with Gasteiger partial charge in [0.1, 0.15) is 17.0 Å². The van der Waals surface area contributed by atoms with Crippen LogP contribution >= 0.6 is 0 Å². The van der Waals surface area contributed by atoms with Crippen LogP contribution in [-0.2, 0) is 9.53 Å². The van der Waals surface area contributed by atoms with E-state index >= 15 is 0 Å². The Balaban J connectivity index is 3.54. The number of nitrogens with zero attached hydrogens (tertiary/aromatic N) is 2.